The molecule has 0 radical (unpaired) electrons. The Hall–Kier alpha value is -3.15. The second-order valence-electron chi connectivity index (χ2n) is 5.00. The van der Waals surface area contributed by atoms with Crippen LogP contribution < -0.4 is 4.90 Å². The van der Waals surface area contributed by atoms with Crippen LogP contribution in [0.4, 0.5) is 5.69 Å². The fraction of sp³-hybridized carbons (Fsp3) is 0.118. The molecule has 1 amide bonds. The van der Waals surface area contributed by atoms with Crippen LogP contribution in [-0.4, -0.2) is 34.6 Å². The van der Waals surface area contributed by atoms with Crippen LogP contribution in [-0.2, 0) is 4.79 Å². The number of amides is 1. The number of hydrogen-bond acceptors (Lipinski definition) is 5. The average molecular weight is 309 g/mol. The first-order chi connectivity index (χ1) is 11.1. The van der Waals surface area contributed by atoms with Gasteiger partial charge in [0, 0.05) is 23.7 Å². The van der Waals surface area contributed by atoms with Gasteiger partial charge < -0.3 is 15.1 Å². The first kappa shape index (κ1) is 14.8. The van der Waals surface area contributed by atoms with Gasteiger partial charge in [0.1, 0.15) is 11.5 Å². The van der Waals surface area contributed by atoms with Crippen LogP contribution in [0.3, 0.4) is 0 Å². The molecule has 1 aliphatic heterocycles. The number of rotatable bonds is 3. The van der Waals surface area contributed by atoms with E-state index in [4.69, 9.17) is 0 Å². The lowest BCUT2D eigenvalue weighted by Gasteiger charge is -2.12. The van der Waals surface area contributed by atoms with E-state index < -0.39 is 0 Å². The van der Waals surface area contributed by atoms with Crippen molar-refractivity contribution in [3.63, 3.8) is 0 Å². The Kier molecular flexibility index (Phi) is 3.80. The molecular formula is C17H15N3O3. The lowest BCUT2D eigenvalue weighted by atomic mass is 10.1. The van der Waals surface area contributed by atoms with Crippen molar-refractivity contribution in [2.24, 2.45) is 10.2 Å². The van der Waals surface area contributed by atoms with Gasteiger partial charge >= 0.3 is 0 Å². The number of para-hydroxylation sites is 1. The van der Waals surface area contributed by atoms with Crippen LogP contribution in [0.1, 0.15) is 18.1 Å². The number of fused-ring (bicyclic) bond motifs is 1. The number of likely N-dealkylation sites (N-methyl/N-ethyl adjacent to an activating group) is 1. The minimum Gasteiger partial charge on any atom is -0.508 e. The highest BCUT2D eigenvalue weighted by Crippen LogP contribution is 2.28. The van der Waals surface area contributed by atoms with Crippen molar-refractivity contribution in [1.29, 1.82) is 0 Å². The molecule has 0 bridgehead atoms. The molecule has 6 nitrogen and oxygen atoms in total. The minimum atomic E-state index is -0.194. The number of anilines is 1. The summed E-state index contributed by atoms with van der Waals surface area (Å²) in [7, 11) is 0. The summed E-state index contributed by atoms with van der Waals surface area (Å²) in [6, 6.07) is 11.6. The molecule has 0 fully saturated rings. The number of benzene rings is 2. The number of nitrogens with zero attached hydrogens (tertiary/aromatic N) is 3. The van der Waals surface area contributed by atoms with E-state index in [9.17, 15) is 15.0 Å². The van der Waals surface area contributed by atoms with Crippen molar-refractivity contribution < 1.29 is 15.0 Å². The van der Waals surface area contributed by atoms with E-state index in [0.29, 0.717) is 12.1 Å². The average Bonchev–Trinajstić information content (AvgIpc) is 2.81. The summed E-state index contributed by atoms with van der Waals surface area (Å²) in [5.74, 6) is -0.340. The predicted octanol–water partition coefficient (Wildman–Crippen LogP) is 2.29. The van der Waals surface area contributed by atoms with Crippen molar-refractivity contribution in [2.45, 2.75) is 6.92 Å². The highest BCUT2D eigenvalue weighted by molar-refractivity contribution is 6.54. The molecular weight excluding hydrogens is 294 g/mol. The van der Waals surface area contributed by atoms with E-state index in [0.717, 1.165) is 11.3 Å². The van der Waals surface area contributed by atoms with Crippen LogP contribution in [0.25, 0.3) is 0 Å². The molecule has 0 unspecified atom stereocenters. The number of carbonyl (C=O) groups excluding carboxylic acids is 1. The monoisotopic (exact) mass is 309 g/mol. The van der Waals surface area contributed by atoms with Crippen LogP contribution in [0.2, 0.25) is 0 Å². The highest BCUT2D eigenvalue weighted by atomic mass is 16.3. The second kappa shape index (κ2) is 5.92. The smallest absolute Gasteiger partial charge is 0.279 e. The fourth-order valence-electron chi connectivity index (χ4n) is 2.46. The molecule has 3 rings (SSSR count). The van der Waals surface area contributed by atoms with E-state index >= 15 is 0 Å². The van der Waals surface area contributed by atoms with Gasteiger partial charge in [-0.1, -0.05) is 18.2 Å². The first-order valence-corrected chi connectivity index (χ1v) is 7.16. The Balaban J connectivity index is 1.93. The zero-order chi connectivity index (χ0) is 16.4. The molecule has 0 saturated carbocycles. The van der Waals surface area contributed by atoms with E-state index in [1.54, 1.807) is 4.90 Å². The second-order valence-corrected chi connectivity index (χ2v) is 5.00. The fourth-order valence-corrected chi connectivity index (χ4v) is 2.46. The number of carbonyl (C=O) groups is 1. The third-order valence-corrected chi connectivity index (χ3v) is 3.58. The van der Waals surface area contributed by atoms with Gasteiger partial charge in [0.15, 0.2) is 5.71 Å². The molecule has 0 atom stereocenters. The lowest BCUT2D eigenvalue weighted by Crippen LogP contribution is -2.29. The van der Waals surface area contributed by atoms with E-state index in [2.05, 4.69) is 10.2 Å². The summed E-state index contributed by atoms with van der Waals surface area (Å²) < 4.78 is 0. The molecule has 116 valence electrons. The summed E-state index contributed by atoms with van der Waals surface area (Å²) in [4.78, 5) is 14.0. The Labute approximate surface area is 133 Å². The lowest BCUT2D eigenvalue weighted by molar-refractivity contribution is -0.112. The largest absolute Gasteiger partial charge is 0.508 e. The molecule has 1 aliphatic rings. The van der Waals surface area contributed by atoms with Crippen LogP contribution in [0.15, 0.2) is 52.7 Å². The summed E-state index contributed by atoms with van der Waals surface area (Å²) in [5, 5.41) is 26.9. The SMILES string of the molecule is CCN1C(=O)/C(=N/N=C/c2ccc(O)cc2O)c2ccccc21. The highest BCUT2D eigenvalue weighted by Gasteiger charge is 2.32. The van der Waals surface area contributed by atoms with E-state index in [-0.39, 0.29) is 23.1 Å². The van der Waals surface area contributed by atoms with Gasteiger partial charge in [-0.25, -0.2) is 0 Å². The quantitative estimate of drug-likeness (QED) is 0.674. The summed E-state index contributed by atoms with van der Waals surface area (Å²) >= 11 is 0. The van der Waals surface area contributed by atoms with Crippen molar-refractivity contribution in [2.75, 3.05) is 11.4 Å². The molecule has 6 heteroatoms. The van der Waals surface area contributed by atoms with Crippen LogP contribution in [0.5, 0.6) is 11.5 Å². The van der Waals surface area contributed by atoms with Gasteiger partial charge in [0.25, 0.3) is 5.91 Å². The maximum absolute atomic E-state index is 12.4. The van der Waals surface area contributed by atoms with E-state index in [1.165, 1.54) is 24.4 Å². The van der Waals surface area contributed by atoms with Gasteiger partial charge in [-0.3, -0.25) is 4.79 Å². The summed E-state index contributed by atoms with van der Waals surface area (Å²) in [6.45, 7) is 2.45. The zero-order valence-electron chi connectivity index (χ0n) is 12.5. The topological polar surface area (TPSA) is 85.5 Å². The molecule has 0 saturated heterocycles. The molecule has 0 aliphatic carbocycles. The third-order valence-electron chi connectivity index (χ3n) is 3.58. The van der Waals surface area contributed by atoms with Crippen molar-refractivity contribution in [3.8, 4) is 11.5 Å². The van der Waals surface area contributed by atoms with Gasteiger partial charge in [0.2, 0.25) is 0 Å². The molecule has 2 aromatic carbocycles. The Morgan fingerprint density at radius 3 is 2.70 bits per heavy atom. The number of phenols is 2. The summed E-state index contributed by atoms with van der Waals surface area (Å²) in [6.07, 6.45) is 1.34. The number of hydrogen-bond donors (Lipinski definition) is 2. The molecule has 1 heterocycles. The minimum absolute atomic E-state index is 0.0375. The van der Waals surface area contributed by atoms with Crippen molar-refractivity contribution in [1.82, 2.24) is 0 Å². The Morgan fingerprint density at radius 1 is 1.17 bits per heavy atom. The van der Waals surface area contributed by atoms with Crippen molar-refractivity contribution in [3.05, 3.63) is 53.6 Å². The maximum atomic E-state index is 12.4. The summed E-state index contributed by atoms with van der Waals surface area (Å²) in [5.41, 5.74) is 2.24. The molecule has 23 heavy (non-hydrogen) atoms. The van der Waals surface area contributed by atoms with E-state index in [1.807, 2.05) is 31.2 Å². The third kappa shape index (κ3) is 2.66. The first-order valence-electron chi connectivity index (χ1n) is 7.16. The predicted molar refractivity (Wildman–Crippen MR) is 88.4 cm³/mol. The van der Waals surface area contributed by atoms with Crippen LogP contribution >= 0.6 is 0 Å². The standard InChI is InChI=1S/C17H15N3O3/c1-2-20-14-6-4-3-5-13(14)16(17(20)23)19-18-10-11-7-8-12(21)9-15(11)22/h3-10,21-22H,2H2,1H3/b18-10+,19-16+. The molecule has 2 N–H and O–H groups in total. The normalized spacial score (nSPS) is 15.6. The van der Waals surface area contributed by atoms with Gasteiger partial charge in [-0.05, 0) is 25.1 Å². The van der Waals surface area contributed by atoms with Gasteiger partial charge in [0.05, 0.1) is 11.9 Å². The van der Waals surface area contributed by atoms with Gasteiger partial charge in [-0.15, -0.1) is 5.10 Å². The Morgan fingerprint density at radius 2 is 1.96 bits per heavy atom. The number of aromatic hydroxyl groups is 2. The number of phenolic OH excluding ortho intramolecular Hbond substituents is 2. The van der Waals surface area contributed by atoms with Gasteiger partial charge in [-0.2, -0.15) is 5.10 Å². The Bertz CT molecular complexity index is 828. The van der Waals surface area contributed by atoms with Crippen LogP contribution in [0, 0.1) is 0 Å². The van der Waals surface area contributed by atoms with Crippen molar-refractivity contribution >= 4 is 23.5 Å². The zero-order valence-corrected chi connectivity index (χ0v) is 12.5. The molecule has 0 aromatic heterocycles. The molecule has 0 spiro atoms. The molecule has 2 aromatic rings. The maximum Gasteiger partial charge on any atom is 0.279 e.